The Labute approximate surface area is 114 Å². The first-order valence-electron chi connectivity index (χ1n) is 6.80. The van der Waals surface area contributed by atoms with Crippen LogP contribution in [0.15, 0.2) is 24.3 Å². The van der Waals surface area contributed by atoms with E-state index in [1.807, 2.05) is 6.07 Å². The van der Waals surface area contributed by atoms with Crippen LogP contribution in [0.5, 0.6) is 5.75 Å². The molecule has 1 saturated heterocycles. The van der Waals surface area contributed by atoms with Gasteiger partial charge in [0.15, 0.2) is 0 Å². The maximum atomic E-state index is 5.25. The van der Waals surface area contributed by atoms with E-state index >= 15 is 0 Å². The summed E-state index contributed by atoms with van der Waals surface area (Å²) in [5.74, 6) is 4.25. The SMILES string of the molecule is COc1cccc(CSCC2CCCNCC2)c1. The van der Waals surface area contributed by atoms with Crippen LogP contribution in [0.1, 0.15) is 24.8 Å². The first-order valence-corrected chi connectivity index (χ1v) is 7.95. The smallest absolute Gasteiger partial charge is 0.119 e. The minimum Gasteiger partial charge on any atom is -0.497 e. The molecule has 0 bridgehead atoms. The molecule has 2 rings (SSSR count). The summed E-state index contributed by atoms with van der Waals surface area (Å²) >= 11 is 2.06. The van der Waals surface area contributed by atoms with Gasteiger partial charge in [-0.1, -0.05) is 12.1 Å². The summed E-state index contributed by atoms with van der Waals surface area (Å²) in [5.41, 5.74) is 1.37. The third kappa shape index (κ3) is 4.54. The zero-order chi connectivity index (χ0) is 12.6. The normalized spacial score (nSPS) is 20.4. The molecule has 0 saturated carbocycles. The minimum atomic E-state index is 0.899. The molecular formula is C15H23NOS. The topological polar surface area (TPSA) is 21.3 Å². The van der Waals surface area contributed by atoms with Gasteiger partial charge in [0.1, 0.15) is 5.75 Å². The Morgan fingerprint density at radius 1 is 1.33 bits per heavy atom. The second-order valence-electron chi connectivity index (χ2n) is 4.91. The third-order valence-corrected chi connectivity index (χ3v) is 4.70. The van der Waals surface area contributed by atoms with Crippen LogP contribution < -0.4 is 10.1 Å². The fourth-order valence-electron chi connectivity index (χ4n) is 2.36. The Morgan fingerprint density at radius 3 is 3.17 bits per heavy atom. The molecule has 100 valence electrons. The summed E-state index contributed by atoms with van der Waals surface area (Å²) in [5, 5.41) is 3.47. The van der Waals surface area contributed by atoms with E-state index in [-0.39, 0.29) is 0 Å². The van der Waals surface area contributed by atoms with Crippen molar-refractivity contribution >= 4 is 11.8 Å². The zero-order valence-electron chi connectivity index (χ0n) is 11.2. The van der Waals surface area contributed by atoms with E-state index < -0.39 is 0 Å². The molecule has 1 aliphatic rings. The van der Waals surface area contributed by atoms with Gasteiger partial charge in [-0.3, -0.25) is 0 Å². The van der Waals surface area contributed by atoms with Gasteiger partial charge in [0.2, 0.25) is 0 Å². The van der Waals surface area contributed by atoms with Crippen molar-refractivity contribution in [3.05, 3.63) is 29.8 Å². The molecule has 1 unspecified atom stereocenters. The van der Waals surface area contributed by atoms with Crippen LogP contribution in [-0.4, -0.2) is 26.0 Å². The molecule has 3 heteroatoms. The Morgan fingerprint density at radius 2 is 2.28 bits per heavy atom. The molecule has 0 aromatic heterocycles. The van der Waals surface area contributed by atoms with E-state index in [2.05, 4.69) is 35.3 Å². The highest BCUT2D eigenvalue weighted by Gasteiger charge is 2.11. The van der Waals surface area contributed by atoms with Gasteiger partial charge in [-0.15, -0.1) is 0 Å². The maximum absolute atomic E-state index is 5.25. The summed E-state index contributed by atoms with van der Waals surface area (Å²) in [6, 6.07) is 8.40. The van der Waals surface area contributed by atoms with E-state index in [1.54, 1.807) is 7.11 Å². The Balaban J connectivity index is 1.73. The largest absolute Gasteiger partial charge is 0.497 e. The number of thioether (sulfide) groups is 1. The number of hydrogen-bond acceptors (Lipinski definition) is 3. The molecule has 1 aliphatic heterocycles. The quantitative estimate of drug-likeness (QED) is 0.882. The summed E-state index contributed by atoms with van der Waals surface area (Å²) in [6.07, 6.45) is 4.06. The predicted molar refractivity (Wildman–Crippen MR) is 79.4 cm³/mol. The molecule has 1 atom stereocenters. The first kappa shape index (κ1) is 13.8. The van der Waals surface area contributed by atoms with Crippen molar-refractivity contribution in [2.24, 2.45) is 5.92 Å². The molecule has 1 heterocycles. The highest BCUT2D eigenvalue weighted by atomic mass is 32.2. The van der Waals surface area contributed by atoms with Crippen molar-refractivity contribution in [3.8, 4) is 5.75 Å². The van der Waals surface area contributed by atoms with Crippen LogP contribution in [-0.2, 0) is 5.75 Å². The van der Waals surface area contributed by atoms with E-state index in [4.69, 9.17) is 4.74 Å². The zero-order valence-corrected chi connectivity index (χ0v) is 12.0. The highest BCUT2D eigenvalue weighted by Crippen LogP contribution is 2.23. The summed E-state index contributed by atoms with van der Waals surface area (Å²) in [7, 11) is 1.73. The van der Waals surface area contributed by atoms with Crippen molar-refractivity contribution in [2.45, 2.75) is 25.0 Å². The van der Waals surface area contributed by atoms with Gasteiger partial charge >= 0.3 is 0 Å². The Bertz CT molecular complexity index is 348. The monoisotopic (exact) mass is 265 g/mol. The molecule has 0 aliphatic carbocycles. The molecule has 0 amide bonds. The second-order valence-corrected chi connectivity index (χ2v) is 5.94. The van der Waals surface area contributed by atoms with Crippen LogP contribution in [0.25, 0.3) is 0 Å². The standard InChI is InChI=1S/C15H23NOS/c1-17-15-6-2-4-14(10-15)12-18-11-13-5-3-8-16-9-7-13/h2,4,6,10,13,16H,3,5,7-9,11-12H2,1H3. The number of benzene rings is 1. The fraction of sp³-hybridized carbons (Fsp3) is 0.600. The predicted octanol–water partition coefficient (Wildman–Crippen LogP) is 3.32. The van der Waals surface area contributed by atoms with Crippen LogP contribution in [0.2, 0.25) is 0 Å². The molecule has 2 nitrogen and oxygen atoms in total. The molecule has 1 fully saturated rings. The van der Waals surface area contributed by atoms with Crippen molar-refractivity contribution in [2.75, 3.05) is 26.0 Å². The summed E-state index contributed by atoms with van der Waals surface area (Å²) in [6.45, 7) is 2.40. The fourth-order valence-corrected chi connectivity index (χ4v) is 3.56. The minimum absolute atomic E-state index is 0.899. The van der Waals surface area contributed by atoms with E-state index in [0.29, 0.717) is 0 Å². The van der Waals surface area contributed by atoms with Gasteiger partial charge in [0.25, 0.3) is 0 Å². The van der Waals surface area contributed by atoms with Crippen LogP contribution in [0, 0.1) is 5.92 Å². The molecule has 1 N–H and O–H groups in total. The number of rotatable bonds is 5. The second kappa shape index (κ2) is 7.70. The first-order chi connectivity index (χ1) is 8.88. The molecule has 0 spiro atoms. The van der Waals surface area contributed by atoms with E-state index in [1.165, 1.54) is 43.7 Å². The van der Waals surface area contributed by atoms with Crippen molar-refractivity contribution < 1.29 is 4.74 Å². The van der Waals surface area contributed by atoms with Gasteiger partial charge in [0.05, 0.1) is 7.11 Å². The molecule has 18 heavy (non-hydrogen) atoms. The third-order valence-electron chi connectivity index (χ3n) is 3.45. The molecule has 1 aromatic rings. The molecular weight excluding hydrogens is 242 g/mol. The van der Waals surface area contributed by atoms with Gasteiger partial charge in [-0.2, -0.15) is 11.8 Å². The van der Waals surface area contributed by atoms with Gasteiger partial charge in [-0.25, -0.2) is 0 Å². The van der Waals surface area contributed by atoms with Crippen LogP contribution in [0.3, 0.4) is 0 Å². The van der Waals surface area contributed by atoms with Crippen molar-refractivity contribution in [1.29, 1.82) is 0 Å². The Hall–Kier alpha value is -0.670. The lowest BCUT2D eigenvalue weighted by atomic mass is 10.0. The van der Waals surface area contributed by atoms with Crippen LogP contribution >= 0.6 is 11.8 Å². The molecule has 0 radical (unpaired) electrons. The lowest BCUT2D eigenvalue weighted by Gasteiger charge is -2.13. The summed E-state index contributed by atoms with van der Waals surface area (Å²) in [4.78, 5) is 0. The van der Waals surface area contributed by atoms with Crippen molar-refractivity contribution in [3.63, 3.8) is 0 Å². The van der Waals surface area contributed by atoms with Gasteiger partial charge in [0, 0.05) is 5.75 Å². The average molecular weight is 265 g/mol. The van der Waals surface area contributed by atoms with Crippen LogP contribution in [0.4, 0.5) is 0 Å². The van der Waals surface area contributed by atoms with E-state index in [0.717, 1.165) is 17.4 Å². The number of hydrogen-bond donors (Lipinski definition) is 1. The van der Waals surface area contributed by atoms with Gasteiger partial charge < -0.3 is 10.1 Å². The highest BCUT2D eigenvalue weighted by molar-refractivity contribution is 7.98. The van der Waals surface area contributed by atoms with Gasteiger partial charge in [-0.05, 0) is 61.7 Å². The average Bonchev–Trinajstić information content (AvgIpc) is 2.68. The lowest BCUT2D eigenvalue weighted by molar-refractivity contribution is 0.414. The maximum Gasteiger partial charge on any atom is 0.119 e. The van der Waals surface area contributed by atoms with Crippen molar-refractivity contribution in [1.82, 2.24) is 5.32 Å². The number of methoxy groups -OCH3 is 1. The molecule has 1 aromatic carbocycles. The summed E-state index contributed by atoms with van der Waals surface area (Å²) < 4.78 is 5.25. The Kier molecular flexibility index (Phi) is 5.88. The number of ether oxygens (including phenoxy) is 1. The van der Waals surface area contributed by atoms with E-state index in [9.17, 15) is 0 Å². The lowest BCUT2D eigenvalue weighted by Crippen LogP contribution is -2.14. The number of nitrogens with one attached hydrogen (secondary N) is 1.